The summed E-state index contributed by atoms with van der Waals surface area (Å²) in [6.45, 7) is 1.09. The van der Waals surface area contributed by atoms with Gasteiger partial charge in [0.2, 0.25) is 0 Å². The number of oxime groups is 1. The van der Waals surface area contributed by atoms with Crippen LogP contribution in [0.4, 0.5) is 4.39 Å². The van der Waals surface area contributed by atoms with E-state index >= 15 is 0 Å². The van der Waals surface area contributed by atoms with Crippen molar-refractivity contribution in [3.05, 3.63) is 35.6 Å². The average molecular weight is 250 g/mol. The Morgan fingerprint density at radius 3 is 2.83 bits per heavy atom. The Kier molecular flexibility index (Phi) is 4.23. The molecule has 18 heavy (non-hydrogen) atoms. The summed E-state index contributed by atoms with van der Waals surface area (Å²) in [7, 11) is 0. The topological polar surface area (TPSA) is 63.8 Å². The maximum absolute atomic E-state index is 13.4. The lowest BCUT2D eigenvalue weighted by Crippen LogP contribution is -2.15. The van der Waals surface area contributed by atoms with Crippen LogP contribution in [0.1, 0.15) is 5.56 Å². The zero-order valence-electron chi connectivity index (χ0n) is 9.51. The summed E-state index contributed by atoms with van der Waals surface area (Å²) in [4.78, 5) is 4.93. The first-order valence-corrected chi connectivity index (χ1v) is 5.39. The van der Waals surface area contributed by atoms with Crippen molar-refractivity contribution in [1.82, 2.24) is 0 Å². The minimum Gasteiger partial charge on any atom is -0.389 e. The lowest BCUT2D eigenvalue weighted by Gasteiger charge is -2.07. The fraction of sp³-hybridized carbons (Fsp3) is 0.333. The Hall–Kier alpha value is -1.97. The Bertz CT molecular complexity index is 478. The van der Waals surface area contributed by atoms with Crippen molar-refractivity contribution in [1.29, 1.82) is 5.26 Å². The summed E-state index contributed by atoms with van der Waals surface area (Å²) >= 11 is 0. The molecule has 94 valence electrons. The van der Waals surface area contributed by atoms with Crippen molar-refractivity contribution in [2.75, 3.05) is 19.8 Å². The van der Waals surface area contributed by atoms with Crippen LogP contribution in [-0.2, 0) is 14.3 Å². The Morgan fingerprint density at radius 2 is 2.17 bits per heavy atom. The van der Waals surface area contributed by atoms with Gasteiger partial charge in [-0.3, -0.25) is 0 Å². The molecule has 1 saturated heterocycles. The number of rotatable bonds is 4. The lowest BCUT2D eigenvalue weighted by molar-refractivity contribution is -0.0934. The monoisotopic (exact) mass is 250 g/mol. The molecule has 1 heterocycles. The van der Waals surface area contributed by atoms with Crippen molar-refractivity contribution >= 4 is 5.71 Å². The SMILES string of the molecule is N#CC(=NOCC1OCCO1)c1ccccc1F. The van der Waals surface area contributed by atoms with Gasteiger partial charge in [-0.25, -0.2) is 4.39 Å². The molecule has 0 aromatic heterocycles. The van der Waals surface area contributed by atoms with Gasteiger partial charge in [-0.1, -0.05) is 17.3 Å². The predicted octanol–water partition coefficient (Wildman–Crippen LogP) is 1.44. The standard InChI is InChI=1S/C12H11FN2O3/c13-10-4-2-1-3-9(10)11(7-14)15-18-8-12-16-5-6-17-12/h1-4,12H,5-6,8H2. The van der Waals surface area contributed by atoms with E-state index in [0.717, 1.165) is 0 Å². The first kappa shape index (κ1) is 12.5. The Balaban J connectivity index is 2.00. The van der Waals surface area contributed by atoms with Crippen LogP contribution in [0.2, 0.25) is 0 Å². The van der Waals surface area contributed by atoms with Gasteiger partial charge in [-0.05, 0) is 12.1 Å². The summed E-state index contributed by atoms with van der Waals surface area (Å²) in [6.07, 6.45) is -0.477. The van der Waals surface area contributed by atoms with Crippen LogP contribution in [0.25, 0.3) is 0 Å². The quantitative estimate of drug-likeness (QED) is 0.599. The van der Waals surface area contributed by atoms with Crippen molar-refractivity contribution in [2.24, 2.45) is 5.16 Å². The zero-order valence-corrected chi connectivity index (χ0v) is 9.51. The molecular weight excluding hydrogens is 239 g/mol. The summed E-state index contributed by atoms with van der Waals surface area (Å²) in [5.41, 5.74) is -0.0145. The Morgan fingerprint density at radius 1 is 1.44 bits per heavy atom. The molecule has 0 spiro atoms. The van der Waals surface area contributed by atoms with E-state index < -0.39 is 12.1 Å². The van der Waals surface area contributed by atoms with Crippen LogP contribution in [0.15, 0.2) is 29.4 Å². The number of halogens is 1. The van der Waals surface area contributed by atoms with E-state index in [2.05, 4.69) is 5.16 Å². The fourth-order valence-corrected chi connectivity index (χ4v) is 1.45. The average Bonchev–Trinajstić information content (AvgIpc) is 2.89. The highest BCUT2D eigenvalue weighted by atomic mass is 19.1. The van der Waals surface area contributed by atoms with Crippen LogP contribution < -0.4 is 0 Å². The van der Waals surface area contributed by atoms with Gasteiger partial charge in [0.1, 0.15) is 11.9 Å². The summed E-state index contributed by atoms with van der Waals surface area (Å²) < 4.78 is 23.7. The van der Waals surface area contributed by atoms with Crippen molar-refractivity contribution in [3.63, 3.8) is 0 Å². The molecule has 0 bridgehead atoms. The molecule has 1 aromatic rings. The second-order valence-electron chi connectivity index (χ2n) is 3.50. The number of nitriles is 1. The van der Waals surface area contributed by atoms with Gasteiger partial charge in [0.15, 0.2) is 18.6 Å². The number of hydrogen-bond acceptors (Lipinski definition) is 5. The highest BCUT2D eigenvalue weighted by molar-refractivity contribution is 6.11. The van der Waals surface area contributed by atoms with Gasteiger partial charge >= 0.3 is 0 Å². The molecule has 0 saturated carbocycles. The number of benzene rings is 1. The largest absolute Gasteiger partial charge is 0.389 e. The van der Waals surface area contributed by atoms with Crippen LogP contribution in [0, 0.1) is 17.1 Å². The van der Waals surface area contributed by atoms with E-state index in [1.807, 2.05) is 0 Å². The van der Waals surface area contributed by atoms with Crippen molar-refractivity contribution in [2.45, 2.75) is 6.29 Å². The fourth-order valence-electron chi connectivity index (χ4n) is 1.45. The molecule has 0 radical (unpaired) electrons. The minimum absolute atomic E-state index is 0.0691. The molecule has 1 aromatic carbocycles. The van der Waals surface area contributed by atoms with Gasteiger partial charge in [0.05, 0.1) is 18.8 Å². The van der Waals surface area contributed by atoms with E-state index in [0.29, 0.717) is 13.2 Å². The van der Waals surface area contributed by atoms with Gasteiger partial charge in [-0.2, -0.15) is 5.26 Å². The Labute approximate surface area is 103 Å². The molecule has 0 atom stereocenters. The van der Waals surface area contributed by atoms with E-state index in [1.54, 1.807) is 12.1 Å². The van der Waals surface area contributed by atoms with Crippen molar-refractivity contribution in [3.8, 4) is 6.07 Å². The van der Waals surface area contributed by atoms with E-state index in [9.17, 15) is 4.39 Å². The summed E-state index contributed by atoms with van der Waals surface area (Å²) in [5.74, 6) is -0.519. The van der Waals surface area contributed by atoms with E-state index in [1.165, 1.54) is 18.2 Å². The van der Waals surface area contributed by atoms with Crippen LogP contribution in [-0.4, -0.2) is 31.8 Å². The molecule has 6 heteroatoms. The third-order valence-electron chi connectivity index (χ3n) is 2.29. The summed E-state index contributed by atoms with van der Waals surface area (Å²) in [5, 5.41) is 12.5. The molecule has 5 nitrogen and oxygen atoms in total. The normalized spacial score (nSPS) is 16.6. The predicted molar refractivity (Wildman–Crippen MR) is 60.2 cm³/mol. The smallest absolute Gasteiger partial charge is 0.194 e. The van der Waals surface area contributed by atoms with E-state index in [-0.39, 0.29) is 17.9 Å². The first-order chi connectivity index (χ1) is 8.81. The maximum Gasteiger partial charge on any atom is 0.194 e. The third-order valence-corrected chi connectivity index (χ3v) is 2.29. The zero-order chi connectivity index (χ0) is 12.8. The minimum atomic E-state index is -0.519. The van der Waals surface area contributed by atoms with Gasteiger partial charge in [0.25, 0.3) is 0 Å². The number of hydrogen-bond donors (Lipinski definition) is 0. The molecule has 1 aliphatic heterocycles. The van der Waals surface area contributed by atoms with Crippen molar-refractivity contribution < 1.29 is 18.7 Å². The van der Waals surface area contributed by atoms with Gasteiger partial charge in [-0.15, -0.1) is 0 Å². The molecule has 1 fully saturated rings. The van der Waals surface area contributed by atoms with Crippen LogP contribution >= 0.6 is 0 Å². The molecule has 0 amide bonds. The molecule has 0 N–H and O–H groups in total. The highest BCUT2D eigenvalue weighted by Crippen LogP contribution is 2.09. The number of nitrogens with zero attached hydrogens (tertiary/aromatic N) is 2. The highest BCUT2D eigenvalue weighted by Gasteiger charge is 2.16. The second kappa shape index (κ2) is 6.10. The van der Waals surface area contributed by atoms with Gasteiger partial charge in [0, 0.05) is 0 Å². The lowest BCUT2D eigenvalue weighted by atomic mass is 10.1. The second-order valence-corrected chi connectivity index (χ2v) is 3.50. The molecule has 0 aliphatic carbocycles. The molecular formula is C12H11FN2O3. The molecule has 2 rings (SSSR count). The summed E-state index contributed by atoms with van der Waals surface area (Å²) in [6, 6.07) is 7.66. The van der Waals surface area contributed by atoms with Crippen LogP contribution in [0.5, 0.6) is 0 Å². The number of ether oxygens (including phenoxy) is 2. The third kappa shape index (κ3) is 3.03. The molecule has 1 aliphatic rings. The molecule has 0 unspecified atom stereocenters. The van der Waals surface area contributed by atoms with Gasteiger partial charge < -0.3 is 14.3 Å². The van der Waals surface area contributed by atoms with E-state index in [4.69, 9.17) is 19.6 Å². The first-order valence-electron chi connectivity index (χ1n) is 5.39. The maximum atomic E-state index is 13.4. The van der Waals surface area contributed by atoms with Crippen LogP contribution in [0.3, 0.4) is 0 Å².